The van der Waals surface area contributed by atoms with Gasteiger partial charge < -0.3 is 5.32 Å². The van der Waals surface area contributed by atoms with Crippen LogP contribution in [-0.2, 0) is 10.0 Å². The van der Waals surface area contributed by atoms with Crippen LogP contribution in [-0.4, -0.2) is 62.9 Å². The molecule has 134 valence electrons. The monoisotopic (exact) mass is 371 g/mol. The summed E-state index contributed by atoms with van der Waals surface area (Å²) in [6.45, 7) is 9.16. The van der Waals surface area contributed by atoms with Gasteiger partial charge in [-0.25, -0.2) is 8.42 Å². The molecule has 3 rings (SSSR count). The third kappa shape index (κ3) is 3.63. The second-order valence-corrected chi connectivity index (χ2v) is 9.25. The highest BCUT2D eigenvalue weighted by Crippen LogP contribution is 2.31. The fraction of sp³-hybridized carbons (Fsp3) is 0.647. The van der Waals surface area contributed by atoms with E-state index in [1.165, 1.54) is 0 Å². The predicted molar refractivity (Wildman–Crippen MR) is 97.1 cm³/mol. The van der Waals surface area contributed by atoms with Crippen molar-refractivity contribution in [3.8, 4) is 0 Å². The van der Waals surface area contributed by atoms with Crippen LogP contribution in [0.4, 0.5) is 0 Å². The Hall–Kier alpha value is -0.660. The Bertz CT molecular complexity index is 687. The fourth-order valence-corrected chi connectivity index (χ4v) is 5.49. The van der Waals surface area contributed by atoms with E-state index in [-0.39, 0.29) is 10.8 Å². The van der Waals surface area contributed by atoms with Crippen molar-refractivity contribution in [3.05, 3.63) is 28.8 Å². The first-order valence-corrected chi connectivity index (χ1v) is 10.5. The van der Waals surface area contributed by atoms with Gasteiger partial charge in [-0.05, 0) is 30.0 Å². The summed E-state index contributed by atoms with van der Waals surface area (Å²) in [5.74, 6) is 0.267. The van der Waals surface area contributed by atoms with Crippen molar-refractivity contribution in [3.63, 3.8) is 0 Å². The van der Waals surface area contributed by atoms with Crippen LogP contribution in [0.2, 0.25) is 5.02 Å². The van der Waals surface area contributed by atoms with Gasteiger partial charge in [-0.15, -0.1) is 0 Å². The first-order chi connectivity index (χ1) is 11.4. The number of piperazine rings is 1. The Balaban J connectivity index is 1.80. The highest BCUT2D eigenvalue weighted by molar-refractivity contribution is 7.89. The van der Waals surface area contributed by atoms with E-state index in [0.29, 0.717) is 24.2 Å². The smallest absolute Gasteiger partial charge is 0.244 e. The summed E-state index contributed by atoms with van der Waals surface area (Å²) >= 11 is 6.22. The lowest BCUT2D eigenvalue weighted by Gasteiger charge is -2.32. The third-order valence-corrected chi connectivity index (χ3v) is 7.38. The van der Waals surface area contributed by atoms with Crippen molar-refractivity contribution in [1.82, 2.24) is 14.5 Å². The van der Waals surface area contributed by atoms with Crippen molar-refractivity contribution in [2.24, 2.45) is 0 Å². The lowest BCUT2D eigenvalue weighted by atomic mass is 10.0. The topological polar surface area (TPSA) is 52.7 Å². The summed E-state index contributed by atoms with van der Waals surface area (Å²) in [5.41, 5.74) is 0.996. The van der Waals surface area contributed by atoms with E-state index in [0.717, 1.165) is 38.2 Å². The molecule has 0 amide bonds. The van der Waals surface area contributed by atoms with Gasteiger partial charge in [0.2, 0.25) is 10.0 Å². The van der Waals surface area contributed by atoms with Crippen LogP contribution in [0, 0.1) is 0 Å². The Morgan fingerprint density at radius 2 is 1.92 bits per heavy atom. The van der Waals surface area contributed by atoms with Gasteiger partial charge in [0.15, 0.2) is 0 Å². The molecule has 2 fully saturated rings. The SMILES string of the molecule is CC(C)c1ccc(Cl)c(S(=O)(=O)N2CCC(N3CCNCC3)C2)c1. The van der Waals surface area contributed by atoms with E-state index >= 15 is 0 Å². The molecule has 7 heteroatoms. The van der Waals surface area contributed by atoms with Crippen LogP contribution < -0.4 is 5.32 Å². The number of halogens is 1. The second kappa shape index (κ2) is 7.30. The van der Waals surface area contributed by atoms with Gasteiger partial charge in [-0.2, -0.15) is 4.31 Å². The minimum atomic E-state index is -3.54. The molecule has 1 atom stereocenters. The molecule has 1 N–H and O–H groups in total. The van der Waals surface area contributed by atoms with E-state index in [4.69, 9.17) is 11.6 Å². The first kappa shape index (κ1) is 18.1. The highest BCUT2D eigenvalue weighted by Gasteiger charge is 2.36. The molecule has 0 aliphatic carbocycles. The summed E-state index contributed by atoms with van der Waals surface area (Å²) in [5, 5.41) is 3.65. The quantitative estimate of drug-likeness (QED) is 0.880. The number of hydrogen-bond donors (Lipinski definition) is 1. The van der Waals surface area contributed by atoms with Crippen molar-refractivity contribution in [1.29, 1.82) is 0 Å². The predicted octanol–water partition coefficient (Wildman–Crippen LogP) is 2.13. The molecule has 2 aliphatic rings. The summed E-state index contributed by atoms with van der Waals surface area (Å²) in [7, 11) is -3.54. The second-order valence-electron chi connectivity index (χ2n) is 6.94. The van der Waals surface area contributed by atoms with Gasteiger partial charge in [0.1, 0.15) is 4.90 Å². The van der Waals surface area contributed by atoms with Crippen molar-refractivity contribution in [2.45, 2.75) is 37.1 Å². The molecule has 2 heterocycles. The molecule has 1 aromatic rings. The minimum absolute atomic E-state index is 0.247. The van der Waals surface area contributed by atoms with Gasteiger partial charge in [0.05, 0.1) is 5.02 Å². The van der Waals surface area contributed by atoms with Gasteiger partial charge in [-0.1, -0.05) is 31.5 Å². The zero-order chi connectivity index (χ0) is 17.3. The van der Waals surface area contributed by atoms with Crippen LogP contribution in [0.5, 0.6) is 0 Å². The largest absolute Gasteiger partial charge is 0.314 e. The Kier molecular flexibility index (Phi) is 5.52. The van der Waals surface area contributed by atoms with Crippen LogP contribution >= 0.6 is 11.6 Å². The van der Waals surface area contributed by atoms with Gasteiger partial charge >= 0.3 is 0 Å². The highest BCUT2D eigenvalue weighted by atomic mass is 35.5. The molecule has 0 aromatic heterocycles. The van der Waals surface area contributed by atoms with Crippen LogP contribution in [0.1, 0.15) is 31.7 Å². The molecule has 5 nitrogen and oxygen atoms in total. The normalized spacial score (nSPS) is 23.9. The molecule has 0 radical (unpaired) electrons. The molecule has 1 aromatic carbocycles. The van der Waals surface area contributed by atoms with E-state index in [2.05, 4.69) is 24.1 Å². The zero-order valence-corrected chi connectivity index (χ0v) is 15.9. The van der Waals surface area contributed by atoms with Gasteiger partial charge in [0, 0.05) is 45.3 Å². The first-order valence-electron chi connectivity index (χ1n) is 8.64. The van der Waals surface area contributed by atoms with E-state index in [1.807, 2.05) is 6.07 Å². The van der Waals surface area contributed by atoms with Crippen molar-refractivity contribution >= 4 is 21.6 Å². The van der Waals surface area contributed by atoms with Crippen LogP contribution in [0.25, 0.3) is 0 Å². The summed E-state index contributed by atoms with van der Waals surface area (Å²) in [6, 6.07) is 5.65. The fourth-order valence-electron chi connectivity index (χ4n) is 3.49. The maximum atomic E-state index is 13.1. The average Bonchev–Trinajstić information content (AvgIpc) is 3.06. The van der Waals surface area contributed by atoms with E-state index in [9.17, 15) is 8.42 Å². The van der Waals surface area contributed by atoms with E-state index in [1.54, 1.807) is 16.4 Å². The van der Waals surface area contributed by atoms with Gasteiger partial charge in [-0.3, -0.25) is 4.90 Å². The van der Waals surface area contributed by atoms with Gasteiger partial charge in [0.25, 0.3) is 0 Å². The molecule has 24 heavy (non-hydrogen) atoms. The standard InChI is InChI=1S/C17H26ClN3O2S/c1-13(2)14-3-4-16(18)17(11-14)24(22,23)21-8-5-15(12-21)20-9-6-19-7-10-20/h3-4,11,13,15,19H,5-10,12H2,1-2H3. The molecule has 2 saturated heterocycles. The summed E-state index contributed by atoms with van der Waals surface area (Å²) < 4.78 is 27.7. The van der Waals surface area contributed by atoms with E-state index < -0.39 is 10.0 Å². The zero-order valence-electron chi connectivity index (χ0n) is 14.3. The summed E-state index contributed by atoms with van der Waals surface area (Å²) in [6.07, 6.45) is 0.890. The molecule has 0 bridgehead atoms. The average molecular weight is 372 g/mol. The molecular formula is C17H26ClN3O2S. The number of benzene rings is 1. The third-order valence-electron chi connectivity index (χ3n) is 5.03. The van der Waals surface area contributed by atoms with Crippen molar-refractivity contribution in [2.75, 3.05) is 39.3 Å². The Morgan fingerprint density at radius 1 is 1.21 bits per heavy atom. The number of nitrogens with one attached hydrogen (secondary N) is 1. The number of sulfonamides is 1. The summed E-state index contributed by atoms with van der Waals surface area (Å²) in [4.78, 5) is 2.65. The minimum Gasteiger partial charge on any atom is -0.314 e. The van der Waals surface area contributed by atoms with Crippen LogP contribution in [0.3, 0.4) is 0 Å². The maximum Gasteiger partial charge on any atom is 0.244 e. The molecule has 1 unspecified atom stereocenters. The molecule has 2 aliphatic heterocycles. The Labute approximate surface area is 150 Å². The lowest BCUT2D eigenvalue weighted by molar-refractivity contribution is 0.179. The lowest BCUT2D eigenvalue weighted by Crippen LogP contribution is -2.49. The maximum absolute atomic E-state index is 13.1. The Morgan fingerprint density at radius 3 is 2.58 bits per heavy atom. The number of rotatable bonds is 4. The number of hydrogen-bond acceptors (Lipinski definition) is 4. The van der Waals surface area contributed by atoms with Crippen LogP contribution in [0.15, 0.2) is 23.1 Å². The number of nitrogens with zero attached hydrogens (tertiary/aromatic N) is 2. The van der Waals surface area contributed by atoms with Crippen molar-refractivity contribution < 1.29 is 8.42 Å². The molecular weight excluding hydrogens is 346 g/mol. The molecule has 0 spiro atoms. The molecule has 0 saturated carbocycles.